The zero-order valence-corrected chi connectivity index (χ0v) is 11.3. The quantitative estimate of drug-likeness (QED) is 0.731. The highest BCUT2D eigenvalue weighted by Gasteiger charge is 2.05. The summed E-state index contributed by atoms with van der Waals surface area (Å²) in [6, 6.07) is 12.1. The van der Waals surface area contributed by atoms with E-state index >= 15 is 0 Å². The maximum atomic E-state index is 5.68. The largest absolute Gasteiger partial charge is 0.399 e. The molecule has 0 spiro atoms. The fraction of sp³-hybridized carbons (Fsp3) is 0.0714. The normalized spacial score (nSPS) is 10.7. The molecule has 0 bridgehead atoms. The van der Waals surface area contributed by atoms with E-state index in [1.54, 1.807) is 22.7 Å². The first-order valence-electron chi connectivity index (χ1n) is 5.64. The minimum Gasteiger partial charge on any atom is -0.399 e. The number of hydrogen-bond donors (Lipinski definition) is 1. The molecule has 3 rings (SSSR count). The van der Waals surface area contributed by atoms with Gasteiger partial charge in [-0.05, 0) is 23.6 Å². The van der Waals surface area contributed by atoms with Crippen molar-refractivity contribution in [2.45, 2.75) is 6.42 Å². The van der Waals surface area contributed by atoms with Gasteiger partial charge in [-0.15, -0.1) is 22.7 Å². The van der Waals surface area contributed by atoms with Gasteiger partial charge in [0.05, 0.1) is 10.7 Å². The average molecular weight is 272 g/mol. The summed E-state index contributed by atoms with van der Waals surface area (Å²) in [5.41, 5.74) is 8.63. The highest BCUT2D eigenvalue weighted by molar-refractivity contribution is 7.11. The molecule has 2 N–H and O–H groups in total. The summed E-state index contributed by atoms with van der Waals surface area (Å²) in [7, 11) is 0. The van der Waals surface area contributed by atoms with Crippen molar-refractivity contribution in [2.75, 3.05) is 5.73 Å². The molecule has 3 aromatic rings. The molecule has 0 aliphatic carbocycles. The van der Waals surface area contributed by atoms with Gasteiger partial charge < -0.3 is 5.73 Å². The molecule has 0 radical (unpaired) electrons. The lowest BCUT2D eigenvalue weighted by atomic mass is 10.1. The summed E-state index contributed by atoms with van der Waals surface area (Å²) in [6.07, 6.45) is 0.928. The van der Waals surface area contributed by atoms with E-state index in [2.05, 4.69) is 27.9 Å². The van der Waals surface area contributed by atoms with Gasteiger partial charge in [-0.3, -0.25) is 0 Å². The third-order valence-corrected chi connectivity index (χ3v) is 4.39. The molecule has 0 fully saturated rings. The van der Waals surface area contributed by atoms with Crippen LogP contribution >= 0.6 is 22.7 Å². The molecule has 2 aromatic heterocycles. The molecule has 18 heavy (non-hydrogen) atoms. The van der Waals surface area contributed by atoms with E-state index in [0.717, 1.165) is 28.4 Å². The molecule has 0 amide bonds. The van der Waals surface area contributed by atoms with Crippen molar-refractivity contribution >= 4 is 28.4 Å². The third kappa shape index (κ3) is 2.44. The molecular weight excluding hydrogens is 260 g/mol. The Kier molecular flexibility index (Phi) is 3.13. The smallest absolute Gasteiger partial charge is 0.0984 e. The van der Waals surface area contributed by atoms with E-state index in [0.29, 0.717) is 0 Å². The monoisotopic (exact) mass is 272 g/mol. The first-order valence-corrected chi connectivity index (χ1v) is 7.40. The number of thiophene rings is 1. The number of nitrogens with zero attached hydrogens (tertiary/aromatic N) is 1. The van der Waals surface area contributed by atoms with Gasteiger partial charge in [-0.2, -0.15) is 0 Å². The molecule has 4 heteroatoms. The molecule has 0 unspecified atom stereocenters. The number of hydrogen-bond acceptors (Lipinski definition) is 4. The Morgan fingerprint density at radius 3 is 2.61 bits per heavy atom. The van der Waals surface area contributed by atoms with E-state index in [1.807, 2.05) is 24.3 Å². The van der Waals surface area contributed by atoms with Gasteiger partial charge in [-0.25, -0.2) is 4.98 Å². The molecule has 0 atom stereocenters. The van der Waals surface area contributed by atoms with Crippen LogP contribution in [0.3, 0.4) is 0 Å². The van der Waals surface area contributed by atoms with Crippen molar-refractivity contribution in [2.24, 2.45) is 0 Å². The van der Waals surface area contributed by atoms with Gasteiger partial charge in [0.25, 0.3) is 0 Å². The van der Waals surface area contributed by atoms with Gasteiger partial charge in [0, 0.05) is 27.9 Å². The van der Waals surface area contributed by atoms with Crippen LogP contribution in [-0.4, -0.2) is 4.98 Å². The molecule has 1 aromatic carbocycles. The van der Waals surface area contributed by atoms with Gasteiger partial charge in [0.15, 0.2) is 0 Å². The summed E-state index contributed by atoms with van der Waals surface area (Å²) in [4.78, 5) is 6.02. The van der Waals surface area contributed by atoms with Crippen LogP contribution in [0.2, 0.25) is 0 Å². The Hall–Kier alpha value is -1.65. The van der Waals surface area contributed by atoms with Crippen LogP contribution in [0.4, 0.5) is 5.69 Å². The maximum Gasteiger partial charge on any atom is 0.0984 e. The lowest BCUT2D eigenvalue weighted by Crippen LogP contribution is -1.86. The van der Waals surface area contributed by atoms with Crippen LogP contribution in [-0.2, 0) is 6.42 Å². The zero-order valence-electron chi connectivity index (χ0n) is 9.67. The predicted octanol–water partition coefficient (Wildman–Crippen LogP) is 4.04. The Bertz CT molecular complexity index is 624. The number of nitrogens with two attached hydrogens (primary N) is 1. The topological polar surface area (TPSA) is 38.9 Å². The van der Waals surface area contributed by atoms with Crippen molar-refractivity contribution in [1.29, 1.82) is 0 Å². The predicted molar refractivity (Wildman–Crippen MR) is 79.1 cm³/mol. The van der Waals surface area contributed by atoms with Gasteiger partial charge >= 0.3 is 0 Å². The summed E-state index contributed by atoms with van der Waals surface area (Å²) >= 11 is 3.49. The van der Waals surface area contributed by atoms with Gasteiger partial charge in [0.2, 0.25) is 0 Å². The van der Waals surface area contributed by atoms with Crippen molar-refractivity contribution in [3.63, 3.8) is 0 Å². The molecular formula is C14H12N2S2. The fourth-order valence-electron chi connectivity index (χ4n) is 1.74. The molecule has 0 saturated heterocycles. The molecule has 0 aliphatic heterocycles. The first-order chi connectivity index (χ1) is 8.81. The van der Waals surface area contributed by atoms with Crippen LogP contribution in [0.15, 0.2) is 47.2 Å². The van der Waals surface area contributed by atoms with Crippen molar-refractivity contribution in [3.8, 4) is 11.3 Å². The Labute approximate surface area is 114 Å². The molecule has 90 valence electrons. The van der Waals surface area contributed by atoms with E-state index in [9.17, 15) is 0 Å². The van der Waals surface area contributed by atoms with Crippen LogP contribution in [0.25, 0.3) is 11.3 Å². The third-order valence-electron chi connectivity index (χ3n) is 2.66. The standard InChI is InChI=1S/C14H12N2S2/c15-11-5-3-10(4-6-11)13-9-18-14(16-13)8-12-2-1-7-17-12/h1-7,9H,8,15H2. The number of benzene rings is 1. The second-order valence-electron chi connectivity index (χ2n) is 4.00. The minimum atomic E-state index is 0.785. The molecule has 2 heterocycles. The van der Waals surface area contributed by atoms with E-state index in [1.165, 1.54) is 4.88 Å². The minimum absolute atomic E-state index is 0.785. The van der Waals surface area contributed by atoms with Crippen molar-refractivity contribution in [3.05, 3.63) is 57.0 Å². The Morgan fingerprint density at radius 2 is 1.89 bits per heavy atom. The van der Waals surface area contributed by atoms with E-state index in [4.69, 9.17) is 5.73 Å². The van der Waals surface area contributed by atoms with Crippen LogP contribution in [0, 0.1) is 0 Å². The summed E-state index contributed by atoms with van der Waals surface area (Å²) in [5, 5.41) is 5.36. The van der Waals surface area contributed by atoms with Crippen LogP contribution in [0.1, 0.15) is 9.88 Å². The summed E-state index contributed by atoms with van der Waals surface area (Å²) < 4.78 is 0. The zero-order chi connectivity index (χ0) is 12.4. The first kappa shape index (κ1) is 11.4. The number of thiazole rings is 1. The molecule has 2 nitrogen and oxygen atoms in total. The maximum absolute atomic E-state index is 5.68. The lowest BCUT2D eigenvalue weighted by Gasteiger charge is -1.97. The van der Waals surface area contributed by atoms with Crippen molar-refractivity contribution < 1.29 is 0 Å². The lowest BCUT2D eigenvalue weighted by molar-refractivity contribution is 1.17. The second-order valence-corrected chi connectivity index (χ2v) is 5.98. The Balaban J connectivity index is 1.83. The Morgan fingerprint density at radius 1 is 1.06 bits per heavy atom. The van der Waals surface area contributed by atoms with E-state index < -0.39 is 0 Å². The average Bonchev–Trinajstić information content (AvgIpc) is 3.02. The highest BCUT2D eigenvalue weighted by atomic mass is 32.1. The molecule has 0 aliphatic rings. The SMILES string of the molecule is Nc1ccc(-c2csc(Cc3cccs3)n2)cc1. The van der Waals surface area contributed by atoms with Crippen LogP contribution < -0.4 is 5.73 Å². The van der Waals surface area contributed by atoms with E-state index in [-0.39, 0.29) is 0 Å². The number of anilines is 1. The van der Waals surface area contributed by atoms with Gasteiger partial charge in [0.1, 0.15) is 0 Å². The summed E-state index contributed by atoms with van der Waals surface area (Å²) in [5.74, 6) is 0. The molecule has 0 saturated carbocycles. The number of aromatic nitrogens is 1. The fourth-order valence-corrected chi connectivity index (χ4v) is 3.37. The van der Waals surface area contributed by atoms with Gasteiger partial charge in [-0.1, -0.05) is 18.2 Å². The number of rotatable bonds is 3. The van der Waals surface area contributed by atoms with Crippen molar-refractivity contribution in [1.82, 2.24) is 4.98 Å². The number of nitrogen functional groups attached to an aromatic ring is 1. The highest BCUT2D eigenvalue weighted by Crippen LogP contribution is 2.25. The van der Waals surface area contributed by atoms with Crippen LogP contribution in [0.5, 0.6) is 0 Å². The second kappa shape index (κ2) is 4.92. The summed E-state index contributed by atoms with van der Waals surface area (Å²) in [6.45, 7) is 0.